The van der Waals surface area contributed by atoms with Crippen LogP contribution in [0.5, 0.6) is 0 Å². The van der Waals surface area contributed by atoms with Crippen molar-refractivity contribution >= 4 is 0 Å². The molecule has 0 amide bonds. The summed E-state index contributed by atoms with van der Waals surface area (Å²) in [7, 11) is 0. The van der Waals surface area contributed by atoms with E-state index in [1.54, 1.807) is 0 Å². The Morgan fingerprint density at radius 1 is 0.962 bits per heavy atom. The molecule has 0 bridgehead atoms. The number of ether oxygens (including phenoxy) is 2. The molecular weight excluding hydrogens is 332 g/mol. The first-order chi connectivity index (χ1) is 12.7. The SMILES string of the molecule is CCCCCCCCCC/C=C/CCCOC[C@H](O)[C@@H]1OC[C@@H](O)[C@@H]1O. The van der Waals surface area contributed by atoms with E-state index in [1.807, 2.05) is 0 Å². The molecule has 1 heterocycles. The van der Waals surface area contributed by atoms with Gasteiger partial charge in [0.1, 0.15) is 24.4 Å². The summed E-state index contributed by atoms with van der Waals surface area (Å²) >= 11 is 0. The molecule has 154 valence electrons. The molecule has 0 aliphatic carbocycles. The van der Waals surface area contributed by atoms with Crippen LogP contribution in [0.2, 0.25) is 0 Å². The zero-order chi connectivity index (χ0) is 19.0. The van der Waals surface area contributed by atoms with Crippen LogP contribution < -0.4 is 0 Å². The molecule has 0 aromatic carbocycles. The average Bonchev–Trinajstić information content (AvgIpc) is 2.97. The fourth-order valence-electron chi connectivity index (χ4n) is 3.20. The second-order valence-electron chi connectivity index (χ2n) is 7.38. The molecule has 1 fully saturated rings. The van der Waals surface area contributed by atoms with Gasteiger partial charge in [-0.2, -0.15) is 0 Å². The Kier molecular flexibility index (Phi) is 14.1. The molecule has 0 spiro atoms. The van der Waals surface area contributed by atoms with Crippen LogP contribution in [-0.2, 0) is 9.47 Å². The second kappa shape index (κ2) is 15.6. The Hall–Kier alpha value is -0.460. The Balaban J connectivity index is 1.84. The number of aliphatic hydroxyl groups excluding tert-OH is 3. The summed E-state index contributed by atoms with van der Waals surface area (Å²) in [6, 6.07) is 0. The fourth-order valence-corrected chi connectivity index (χ4v) is 3.20. The van der Waals surface area contributed by atoms with Crippen LogP contribution in [0.1, 0.15) is 77.6 Å². The molecule has 0 aromatic heterocycles. The quantitative estimate of drug-likeness (QED) is 0.286. The number of unbranched alkanes of at least 4 members (excludes halogenated alkanes) is 9. The van der Waals surface area contributed by atoms with Crippen molar-refractivity contribution in [1.82, 2.24) is 0 Å². The molecule has 5 nitrogen and oxygen atoms in total. The van der Waals surface area contributed by atoms with Gasteiger partial charge in [0, 0.05) is 6.61 Å². The fraction of sp³-hybridized carbons (Fsp3) is 0.905. The molecule has 1 aliphatic heterocycles. The Bertz CT molecular complexity index is 347. The first-order valence-electron chi connectivity index (χ1n) is 10.5. The highest BCUT2D eigenvalue weighted by Gasteiger charge is 2.39. The molecule has 1 aliphatic rings. The van der Waals surface area contributed by atoms with Gasteiger partial charge in [0.05, 0.1) is 13.2 Å². The smallest absolute Gasteiger partial charge is 0.114 e. The third-order valence-electron chi connectivity index (χ3n) is 4.91. The van der Waals surface area contributed by atoms with E-state index in [1.165, 1.54) is 51.4 Å². The number of allylic oxidation sites excluding steroid dienone is 2. The summed E-state index contributed by atoms with van der Waals surface area (Å²) in [6.45, 7) is 3.01. The van der Waals surface area contributed by atoms with Crippen LogP contribution in [0.15, 0.2) is 12.2 Å². The monoisotopic (exact) mass is 372 g/mol. The van der Waals surface area contributed by atoms with E-state index in [-0.39, 0.29) is 13.2 Å². The van der Waals surface area contributed by atoms with E-state index in [4.69, 9.17) is 9.47 Å². The van der Waals surface area contributed by atoms with E-state index in [0.717, 1.165) is 19.3 Å². The molecule has 0 aromatic rings. The topological polar surface area (TPSA) is 79.2 Å². The molecule has 5 heteroatoms. The van der Waals surface area contributed by atoms with Crippen LogP contribution in [0.3, 0.4) is 0 Å². The van der Waals surface area contributed by atoms with Crippen molar-refractivity contribution in [2.45, 2.75) is 102 Å². The van der Waals surface area contributed by atoms with Gasteiger partial charge >= 0.3 is 0 Å². The van der Waals surface area contributed by atoms with Crippen molar-refractivity contribution in [3.63, 3.8) is 0 Å². The maximum atomic E-state index is 9.91. The lowest BCUT2D eigenvalue weighted by molar-refractivity contribution is -0.0811. The van der Waals surface area contributed by atoms with Gasteiger partial charge in [0.25, 0.3) is 0 Å². The Morgan fingerprint density at radius 3 is 2.19 bits per heavy atom. The van der Waals surface area contributed by atoms with Crippen LogP contribution in [-0.4, -0.2) is 59.6 Å². The average molecular weight is 373 g/mol. The number of hydrogen-bond donors (Lipinski definition) is 3. The van der Waals surface area contributed by atoms with Crippen molar-refractivity contribution in [2.24, 2.45) is 0 Å². The van der Waals surface area contributed by atoms with Crippen LogP contribution in [0.25, 0.3) is 0 Å². The molecule has 0 saturated carbocycles. The second-order valence-corrected chi connectivity index (χ2v) is 7.38. The van der Waals surface area contributed by atoms with Gasteiger partial charge in [-0.25, -0.2) is 0 Å². The largest absolute Gasteiger partial charge is 0.388 e. The van der Waals surface area contributed by atoms with E-state index in [0.29, 0.717) is 6.61 Å². The van der Waals surface area contributed by atoms with Gasteiger partial charge in [-0.05, 0) is 25.7 Å². The summed E-state index contributed by atoms with van der Waals surface area (Å²) in [5.41, 5.74) is 0. The molecule has 3 N–H and O–H groups in total. The summed E-state index contributed by atoms with van der Waals surface area (Å²) < 4.78 is 10.6. The van der Waals surface area contributed by atoms with E-state index < -0.39 is 24.4 Å². The predicted molar refractivity (Wildman–Crippen MR) is 104 cm³/mol. The van der Waals surface area contributed by atoms with Crippen molar-refractivity contribution in [1.29, 1.82) is 0 Å². The minimum Gasteiger partial charge on any atom is -0.388 e. The summed E-state index contributed by atoms with van der Waals surface area (Å²) in [6.07, 6.45) is 14.8. The highest BCUT2D eigenvalue weighted by molar-refractivity contribution is 4.87. The molecule has 0 unspecified atom stereocenters. The summed E-state index contributed by atoms with van der Waals surface area (Å²) in [5, 5.41) is 28.9. The molecule has 1 saturated heterocycles. The van der Waals surface area contributed by atoms with Gasteiger partial charge < -0.3 is 24.8 Å². The zero-order valence-electron chi connectivity index (χ0n) is 16.5. The molecule has 1 rings (SSSR count). The van der Waals surface area contributed by atoms with Crippen molar-refractivity contribution in [2.75, 3.05) is 19.8 Å². The molecular formula is C21H40O5. The minimum absolute atomic E-state index is 0.0620. The first kappa shape index (κ1) is 23.6. The number of hydrogen-bond acceptors (Lipinski definition) is 5. The first-order valence-corrected chi connectivity index (χ1v) is 10.5. The highest BCUT2D eigenvalue weighted by Crippen LogP contribution is 2.17. The van der Waals surface area contributed by atoms with E-state index in [2.05, 4.69) is 19.1 Å². The number of aliphatic hydroxyl groups is 3. The van der Waals surface area contributed by atoms with Crippen LogP contribution >= 0.6 is 0 Å². The molecule has 0 radical (unpaired) electrons. The third-order valence-corrected chi connectivity index (χ3v) is 4.91. The normalized spacial score (nSPS) is 24.5. The van der Waals surface area contributed by atoms with Crippen LogP contribution in [0.4, 0.5) is 0 Å². The molecule has 26 heavy (non-hydrogen) atoms. The van der Waals surface area contributed by atoms with Crippen molar-refractivity contribution in [3.05, 3.63) is 12.2 Å². The van der Waals surface area contributed by atoms with Crippen molar-refractivity contribution in [3.8, 4) is 0 Å². The predicted octanol–water partition coefficient (Wildman–Crippen LogP) is 3.35. The van der Waals surface area contributed by atoms with Gasteiger partial charge in [-0.15, -0.1) is 0 Å². The summed E-state index contributed by atoms with van der Waals surface area (Å²) in [4.78, 5) is 0. The van der Waals surface area contributed by atoms with E-state index >= 15 is 0 Å². The zero-order valence-corrected chi connectivity index (χ0v) is 16.5. The number of rotatable bonds is 16. The highest BCUT2D eigenvalue weighted by atomic mass is 16.5. The van der Waals surface area contributed by atoms with Gasteiger partial charge in [0.15, 0.2) is 0 Å². The van der Waals surface area contributed by atoms with Gasteiger partial charge in [-0.3, -0.25) is 0 Å². The van der Waals surface area contributed by atoms with Gasteiger partial charge in [0.2, 0.25) is 0 Å². The Morgan fingerprint density at radius 2 is 1.58 bits per heavy atom. The van der Waals surface area contributed by atoms with E-state index in [9.17, 15) is 15.3 Å². The third kappa shape index (κ3) is 10.6. The van der Waals surface area contributed by atoms with Gasteiger partial charge in [-0.1, -0.05) is 64.0 Å². The molecule has 4 atom stereocenters. The van der Waals surface area contributed by atoms with Crippen LogP contribution in [0, 0.1) is 0 Å². The van der Waals surface area contributed by atoms with Crippen molar-refractivity contribution < 1.29 is 24.8 Å². The lowest BCUT2D eigenvalue weighted by Gasteiger charge is -2.20. The minimum atomic E-state index is -1.03. The standard InChI is InChI=1S/C21H40O5/c1-2-3-4-5-6-7-8-9-10-11-12-13-14-15-25-16-19(23)21-20(24)18(22)17-26-21/h11-12,18-24H,2-10,13-17H2,1H3/b12-11+/t18-,19+,20+,21+/m1/s1. The Labute approximate surface area is 159 Å². The lowest BCUT2D eigenvalue weighted by atomic mass is 10.1. The summed E-state index contributed by atoms with van der Waals surface area (Å²) in [5.74, 6) is 0. The lowest BCUT2D eigenvalue weighted by Crippen LogP contribution is -2.40. The maximum Gasteiger partial charge on any atom is 0.114 e. The maximum absolute atomic E-state index is 9.91.